The van der Waals surface area contributed by atoms with Crippen molar-refractivity contribution >= 4 is 18.3 Å². The smallest absolute Gasteiger partial charge is 0.224 e. The number of rotatable bonds is 5. The lowest BCUT2D eigenvalue weighted by Crippen LogP contribution is -2.37. The molecule has 0 bridgehead atoms. The number of carbonyl (C=O) groups excluding carboxylic acids is 1. The quantitative estimate of drug-likeness (QED) is 0.875. The molecule has 1 aromatic carbocycles. The van der Waals surface area contributed by atoms with E-state index in [1.807, 2.05) is 0 Å². The summed E-state index contributed by atoms with van der Waals surface area (Å²) < 4.78 is 0. The summed E-state index contributed by atoms with van der Waals surface area (Å²) in [6, 6.07) is 8.74. The highest BCUT2D eigenvalue weighted by Crippen LogP contribution is 2.10. The highest BCUT2D eigenvalue weighted by molar-refractivity contribution is 5.85. The Bertz CT molecular complexity index is 411. The number of halogens is 1. The van der Waals surface area contributed by atoms with E-state index >= 15 is 0 Å². The Hall–Kier alpha value is -1.06. The zero-order valence-corrected chi connectivity index (χ0v) is 13.1. The molecule has 1 saturated heterocycles. The molecule has 0 aromatic heterocycles. The lowest BCUT2D eigenvalue weighted by Gasteiger charge is -2.11. The van der Waals surface area contributed by atoms with Crippen molar-refractivity contribution < 1.29 is 4.79 Å². The monoisotopic (exact) mass is 296 g/mol. The van der Waals surface area contributed by atoms with Gasteiger partial charge in [0.25, 0.3) is 0 Å². The SMILES string of the molecule is CC(C)Cc1ccc(CC(=O)NC2CCNC2)cc1.Cl. The summed E-state index contributed by atoms with van der Waals surface area (Å²) in [5.74, 6) is 0.800. The number of benzene rings is 1. The van der Waals surface area contributed by atoms with Crippen molar-refractivity contribution in [3.05, 3.63) is 35.4 Å². The molecule has 1 aliphatic rings. The van der Waals surface area contributed by atoms with E-state index in [9.17, 15) is 4.79 Å². The molecule has 4 heteroatoms. The van der Waals surface area contributed by atoms with Gasteiger partial charge in [-0.3, -0.25) is 4.79 Å². The van der Waals surface area contributed by atoms with Gasteiger partial charge in [-0.1, -0.05) is 38.1 Å². The number of hydrogen-bond donors (Lipinski definition) is 2. The first-order valence-electron chi connectivity index (χ1n) is 7.21. The molecule has 0 aliphatic carbocycles. The van der Waals surface area contributed by atoms with E-state index < -0.39 is 0 Å². The fraction of sp³-hybridized carbons (Fsp3) is 0.562. The van der Waals surface area contributed by atoms with Crippen LogP contribution < -0.4 is 10.6 Å². The Labute approximate surface area is 127 Å². The van der Waals surface area contributed by atoms with Crippen molar-refractivity contribution in [2.75, 3.05) is 13.1 Å². The van der Waals surface area contributed by atoms with Crippen LogP contribution >= 0.6 is 12.4 Å². The lowest BCUT2D eigenvalue weighted by molar-refractivity contribution is -0.121. The first-order valence-corrected chi connectivity index (χ1v) is 7.21. The maximum absolute atomic E-state index is 11.9. The Morgan fingerprint density at radius 1 is 1.30 bits per heavy atom. The average molecular weight is 297 g/mol. The highest BCUT2D eigenvalue weighted by atomic mass is 35.5. The fourth-order valence-electron chi connectivity index (χ4n) is 2.51. The van der Waals surface area contributed by atoms with Crippen LogP contribution in [0.4, 0.5) is 0 Å². The second-order valence-electron chi connectivity index (χ2n) is 5.85. The molecule has 1 amide bonds. The molecule has 1 unspecified atom stereocenters. The maximum atomic E-state index is 11.9. The maximum Gasteiger partial charge on any atom is 0.224 e. The number of carbonyl (C=O) groups is 1. The van der Waals surface area contributed by atoms with Gasteiger partial charge in [-0.25, -0.2) is 0 Å². The summed E-state index contributed by atoms with van der Waals surface area (Å²) in [6.07, 6.45) is 2.62. The van der Waals surface area contributed by atoms with E-state index in [4.69, 9.17) is 0 Å². The molecule has 112 valence electrons. The van der Waals surface area contributed by atoms with E-state index in [2.05, 4.69) is 48.7 Å². The summed E-state index contributed by atoms with van der Waals surface area (Å²) in [4.78, 5) is 11.9. The van der Waals surface area contributed by atoms with Gasteiger partial charge in [-0.05, 0) is 36.4 Å². The zero-order valence-electron chi connectivity index (χ0n) is 12.3. The molecule has 1 fully saturated rings. The van der Waals surface area contributed by atoms with E-state index in [-0.39, 0.29) is 18.3 Å². The minimum Gasteiger partial charge on any atom is -0.352 e. The molecule has 0 spiro atoms. The molecular formula is C16H25ClN2O. The third-order valence-electron chi connectivity index (χ3n) is 3.46. The van der Waals surface area contributed by atoms with Crippen LogP contribution in [0.25, 0.3) is 0 Å². The van der Waals surface area contributed by atoms with E-state index in [1.54, 1.807) is 0 Å². The molecule has 1 atom stereocenters. The first kappa shape index (κ1) is 17.0. The number of nitrogens with one attached hydrogen (secondary N) is 2. The van der Waals surface area contributed by atoms with E-state index in [0.29, 0.717) is 18.4 Å². The number of amides is 1. The third kappa shape index (κ3) is 5.51. The molecular weight excluding hydrogens is 272 g/mol. The van der Waals surface area contributed by atoms with Crippen molar-refractivity contribution in [1.29, 1.82) is 0 Å². The highest BCUT2D eigenvalue weighted by Gasteiger charge is 2.16. The zero-order chi connectivity index (χ0) is 13.7. The standard InChI is InChI=1S/C16H24N2O.ClH/c1-12(2)9-13-3-5-14(6-4-13)10-16(19)18-15-7-8-17-11-15;/h3-6,12,15,17H,7-11H2,1-2H3,(H,18,19);1H. The molecule has 20 heavy (non-hydrogen) atoms. The van der Waals surface area contributed by atoms with Gasteiger partial charge >= 0.3 is 0 Å². The van der Waals surface area contributed by atoms with Crippen LogP contribution in [0.5, 0.6) is 0 Å². The van der Waals surface area contributed by atoms with Gasteiger partial charge < -0.3 is 10.6 Å². The van der Waals surface area contributed by atoms with Gasteiger partial charge in [0.1, 0.15) is 0 Å². The van der Waals surface area contributed by atoms with Crippen LogP contribution in [0.15, 0.2) is 24.3 Å². The van der Waals surface area contributed by atoms with Gasteiger partial charge in [0, 0.05) is 12.6 Å². The summed E-state index contributed by atoms with van der Waals surface area (Å²) in [5.41, 5.74) is 2.44. The van der Waals surface area contributed by atoms with E-state index in [1.165, 1.54) is 5.56 Å². The second-order valence-corrected chi connectivity index (χ2v) is 5.85. The summed E-state index contributed by atoms with van der Waals surface area (Å²) in [7, 11) is 0. The Morgan fingerprint density at radius 3 is 2.50 bits per heavy atom. The average Bonchev–Trinajstić information content (AvgIpc) is 2.83. The molecule has 3 nitrogen and oxygen atoms in total. The normalized spacial score (nSPS) is 17.9. The van der Waals surface area contributed by atoms with Gasteiger partial charge in [0.2, 0.25) is 5.91 Å². The van der Waals surface area contributed by atoms with Crippen molar-refractivity contribution in [1.82, 2.24) is 10.6 Å². The van der Waals surface area contributed by atoms with Gasteiger partial charge in [0.05, 0.1) is 6.42 Å². The largest absolute Gasteiger partial charge is 0.352 e. The van der Waals surface area contributed by atoms with Crippen LogP contribution in [0.1, 0.15) is 31.4 Å². The van der Waals surface area contributed by atoms with Crippen molar-refractivity contribution in [2.45, 2.75) is 39.2 Å². The molecule has 1 aliphatic heterocycles. The molecule has 1 heterocycles. The van der Waals surface area contributed by atoms with Crippen molar-refractivity contribution in [2.24, 2.45) is 5.92 Å². The van der Waals surface area contributed by atoms with Crippen molar-refractivity contribution in [3.8, 4) is 0 Å². The lowest BCUT2D eigenvalue weighted by atomic mass is 10.0. The van der Waals surface area contributed by atoms with Gasteiger partial charge in [-0.2, -0.15) is 0 Å². The fourth-order valence-corrected chi connectivity index (χ4v) is 2.51. The van der Waals surface area contributed by atoms with E-state index in [0.717, 1.165) is 31.5 Å². The summed E-state index contributed by atoms with van der Waals surface area (Å²) in [5, 5.41) is 6.33. The molecule has 2 rings (SSSR count). The van der Waals surface area contributed by atoms with Gasteiger partial charge in [0.15, 0.2) is 0 Å². The van der Waals surface area contributed by atoms with Crippen LogP contribution in [-0.2, 0) is 17.6 Å². The van der Waals surface area contributed by atoms with Crippen LogP contribution in [-0.4, -0.2) is 25.0 Å². The van der Waals surface area contributed by atoms with Crippen LogP contribution in [0.2, 0.25) is 0 Å². The van der Waals surface area contributed by atoms with Crippen LogP contribution in [0.3, 0.4) is 0 Å². The van der Waals surface area contributed by atoms with Gasteiger partial charge in [-0.15, -0.1) is 12.4 Å². The summed E-state index contributed by atoms with van der Waals surface area (Å²) >= 11 is 0. The minimum absolute atomic E-state index is 0. The molecule has 1 aromatic rings. The predicted octanol–water partition coefficient (Wildman–Crippen LogP) is 2.33. The Morgan fingerprint density at radius 2 is 1.95 bits per heavy atom. The minimum atomic E-state index is 0. The Kier molecular flexibility index (Phi) is 7.03. The topological polar surface area (TPSA) is 41.1 Å². The Balaban J connectivity index is 0.00000200. The molecule has 2 N–H and O–H groups in total. The number of hydrogen-bond acceptors (Lipinski definition) is 2. The van der Waals surface area contributed by atoms with Crippen molar-refractivity contribution in [3.63, 3.8) is 0 Å². The first-order chi connectivity index (χ1) is 9.13. The third-order valence-corrected chi connectivity index (χ3v) is 3.46. The predicted molar refractivity (Wildman–Crippen MR) is 85.4 cm³/mol. The molecule has 0 radical (unpaired) electrons. The summed E-state index contributed by atoms with van der Waals surface area (Å²) in [6.45, 7) is 6.35. The van der Waals surface area contributed by atoms with Crippen LogP contribution in [0, 0.1) is 5.92 Å². The second kappa shape index (κ2) is 8.28. The molecule has 0 saturated carbocycles.